The second kappa shape index (κ2) is 5.63. The number of esters is 1. The van der Waals surface area contributed by atoms with Gasteiger partial charge in [0.15, 0.2) is 17.0 Å². The third kappa shape index (κ3) is 2.41. The normalized spacial score (nSPS) is 16.4. The molecule has 0 unspecified atom stereocenters. The van der Waals surface area contributed by atoms with Crippen LogP contribution in [0.15, 0.2) is 6.33 Å². The number of piperidine rings is 1. The number of fused-ring (bicyclic) bond motifs is 1. The van der Waals surface area contributed by atoms with Gasteiger partial charge in [0, 0.05) is 19.6 Å². The van der Waals surface area contributed by atoms with Crippen molar-refractivity contribution in [3.05, 3.63) is 6.33 Å². The van der Waals surface area contributed by atoms with Crippen LogP contribution in [0.2, 0.25) is 0 Å². The van der Waals surface area contributed by atoms with Gasteiger partial charge < -0.3 is 9.64 Å². The van der Waals surface area contributed by atoms with E-state index in [1.54, 1.807) is 11.0 Å². The Hall–Kier alpha value is -2.25. The highest BCUT2D eigenvalue weighted by Gasteiger charge is 2.27. The highest BCUT2D eigenvalue weighted by Crippen LogP contribution is 2.26. The summed E-state index contributed by atoms with van der Waals surface area (Å²) in [6.07, 6.45) is 3.07. The van der Waals surface area contributed by atoms with Gasteiger partial charge in [-0.25, -0.2) is 14.6 Å². The van der Waals surface area contributed by atoms with Crippen LogP contribution in [-0.4, -0.2) is 51.1 Å². The summed E-state index contributed by atoms with van der Waals surface area (Å²) in [6.45, 7) is 4.23. The largest absolute Gasteiger partial charge is 0.469 e. The monoisotopic (exact) mass is 290 g/mol. The number of hydrogen-bond donors (Lipinski definition) is 0. The fourth-order valence-corrected chi connectivity index (χ4v) is 2.72. The Morgan fingerprint density at radius 1 is 1.38 bits per heavy atom. The Balaban J connectivity index is 1.82. The molecule has 8 nitrogen and oxygen atoms in total. The maximum absolute atomic E-state index is 11.6. The molecule has 0 radical (unpaired) electrons. The summed E-state index contributed by atoms with van der Waals surface area (Å²) in [7, 11) is 1.44. The average Bonchev–Trinajstić information content (AvgIpc) is 2.97. The zero-order valence-corrected chi connectivity index (χ0v) is 12.2. The van der Waals surface area contributed by atoms with Gasteiger partial charge in [-0.15, -0.1) is 5.10 Å². The summed E-state index contributed by atoms with van der Waals surface area (Å²) < 4.78 is 6.56. The number of ether oxygens (including phenoxy) is 1. The van der Waals surface area contributed by atoms with Crippen LogP contribution in [-0.2, 0) is 16.1 Å². The number of hydrogen-bond acceptors (Lipinski definition) is 7. The second-order valence-electron chi connectivity index (χ2n) is 5.06. The van der Waals surface area contributed by atoms with E-state index in [2.05, 4.69) is 25.2 Å². The molecule has 2 aromatic heterocycles. The van der Waals surface area contributed by atoms with Crippen LogP contribution < -0.4 is 4.90 Å². The molecule has 0 atom stereocenters. The number of carbonyl (C=O) groups excluding carboxylic acids is 1. The lowest BCUT2D eigenvalue weighted by molar-refractivity contribution is -0.146. The summed E-state index contributed by atoms with van der Waals surface area (Å²) in [5.74, 6) is 0.650. The zero-order valence-electron chi connectivity index (χ0n) is 12.2. The van der Waals surface area contributed by atoms with Gasteiger partial charge in [-0.1, -0.05) is 5.21 Å². The molecule has 21 heavy (non-hydrogen) atoms. The van der Waals surface area contributed by atoms with E-state index < -0.39 is 0 Å². The van der Waals surface area contributed by atoms with E-state index in [1.807, 2.05) is 6.92 Å². The Morgan fingerprint density at radius 3 is 2.81 bits per heavy atom. The Morgan fingerprint density at radius 2 is 2.14 bits per heavy atom. The van der Waals surface area contributed by atoms with Crippen LogP contribution in [0.4, 0.5) is 5.82 Å². The maximum Gasteiger partial charge on any atom is 0.308 e. The first kappa shape index (κ1) is 13.7. The molecule has 0 saturated carbocycles. The minimum Gasteiger partial charge on any atom is -0.469 e. The molecule has 3 rings (SSSR count). The second-order valence-corrected chi connectivity index (χ2v) is 5.06. The lowest BCUT2D eigenvalue weighted by Gasteiger charge is -2.31. The Bertz CT molecular complexity index is 647. The highest BCUT2D eigenvalue weighted by atomic mass is 16.5. The van der Waals surface area contributed by atoms with Crippen molar-refractivity contribution in [1.82, 2.24) is 25.0 Å². The minimum absolute atomic E-state index is 0.0186. The summed E-state index contributed by atoms with van der Waals surface area (Å²) in [4.78, 5) is 22.3. The molecule has 0 aromatic carbocycles. The van der Waals surface area contributed by atoms with Crippen molar-refractivity contribution in [3.63, 3.8) is 0 Å². The molecular formula is C13H18N6O2. The molecule has 0 aliphatic carbocycles. The molecule has 1 aliphatic heterocycles. The van der Waals surface area contributed by atoms with E-state index in [1.165, 1.54) is 7.11 Å². The molecule has 0 spiro atoms. The topological polar surface area (TPSA) is 86.0 Å². The number of aromatic nitrogens is 5. The third-order valence-electron chi connectivity index (χ3n) is 3.91. The van der Waals surface area contributed by atoms with Crippen molar-refractivity contribution in [2.24, 2.45) is 5.92 Å². The van der Waals surface area contributed by atoms with E-state index in [0.717, 1.165) is 49.5 Å². The Kier molecular flexibility index (Phi) is 3.68. The summed E-state index contributed by atoms with van der Waals surface area (Å²) >= 11 is 0. The van der Waals surface area contributed by atoms with E-state index in [4.69, 9.17) is 4.74 Å². The van der Waals surface area contributed by atoms with Crippen LogP contribution in [0.25, 0.3) is 11.2 Å². The lowest BCUT2D eigenvalue weighted by Crippen LogP contribution is -2.37. The minimum atomic E-state index is -0.126. The number of anilines is 1. The molecule has 0 N–H and O–H groups in total. The Labute approximate surface area is 122 Å². The van der Waals surface area contributed by atoms with Gasteiger partial charge in [0.2, 0.25) is 0 Å². The number of carbonyl (C=O) groups is 1. The van der Waals surface area contributed by atoms with Gasteiger partial charge in [0.1, 0.15) is 6.33 Å². The van der Waals surface area contributed by atoms with Gasteiger partial charge in [-0.2, -0.15) is 0 Å². The van der Waals surface area contributed by atoms with Crippen LogP contribution in [0, 0.1) is 5.92 Å². The van der Waals surface area contributed by atoms with Gasteiger partial charge in [0.05, 0.1) is 13.0 Å². The molecular weight excluding hydrogens is 272 g/mol. The van der Waals surface area contributed by atoms with Crippen molar-refractivity contribution < 1.29 is 9.53 Å². The molecule has 8 heteroatoms. The molecule has 2 aromatic rings. The smallest absolute Gasteiger partial charge is 0.308 e. The van der Waals surface area contributed by atoms with Crippen molar-refractivity contribution in [1.29, 1.82) is 0 Å². The van der Waals surface area contributed by atoms with E-state index in [9.17, 15) is 4.79 Å². The van der Waals surface area contributed by atoms with E-state index in [0.29, 0.717) is 0 Å². The molecule has 112 valence electrons. The quantitative estimate of drug-likeness (QED) is 0.766. The predicted octanol–water partition coefficient (Wildman–Crippen LogP) is 0.631. The summed E-state index contributed by atoms with van der Waals surface area (Å²) in [5.41, 5.74) is 1.47. The molecule has 1 aliphatic rings. The maximum atomic E-state index is 11.6. The first-order valence-electron chi connectivity index (χ1n) is 7.11. The molecule has 0 bridgehead atoms. The van der Waals surface area contributed by atoms with Crippen LogP contribution in [0.1, 0.15) is 19.8 Å². The van der Waals surface area contributed by atoms with Crippen molar-refractivity contribution in [3.8, 4) is 0 Å². The average molecular weight is 290 g/mol. The molecule has 1 fully saturated rings. The zero-order chi connectivity index (χ0) is 14.8. The van der Waals surface area contributed by atoms with Crippen molar-refractivity contribution in [2.45, 2.75) is 26.3 Å². The van der Waals surface area contributed by atoms with Crippen LogP contribution >= 0.6 is 0 Å². The number of rotatable bonds is 3. The van der Waals surface area contributed by atoms with Gasteiger partial charge in [0.25, 0.3) is 0 Å². The lowest BCUT2D eigenvalue weighted by atomic mass is 9.97. The van der Waals surface area contributed by atoms with E-state index >= 15 is 0 Å². The molecule has 3 heterocycles. The standard InChI is InChI=1S/C13H18N6O2/c1-3-19-12-10(16-17-19)11(14-8-15-12)18-6-4-9(5-7-18)13(20)21-2/h8-9H,3-7H2,1-2H3. The van der Waals surface area contributed by atoms with Crippen molar-refractivity contribution >= 4 is 23.0 Å². The van der Waals surface area contributed by atoms with Gasteiger partial charge in [-0.3, -0.25) is 4.79 Å². The van der Waals surface area contributed by atoms with Gasteiger partial charge in [-0.05, 0) is 19.8 Å². The fourth-order valence-electron chi connectivity index (χ4n) is 2.72. The SMILES string of the molecule is CCn1nnc2c(N3CCC(C(=O)OC)CC3)ncnc21. The van der Waals surface area contributed by atoms with Crippen LogP contribution in [0.5, 0.6) is 0 Å². The van der Waals surface area contributed by atoms with Crippen LogP contribution in [0.3, 0.4) is 0 Å². The highest BCUT2D eigenvalue weighted by molar-refractivity contribution is 5.82. The molecule has 1 saturated heterocycles. The first-order valence-corrected chi connectivity index (χ1v) is 7.11. The summed E-state index contributed by atoms with van der Waals surface area (Å²) in [5, 5.41) is 8.28. The molecule has 0 amide bonds. The third-order valence-corrected chi connectivity index (χ3v) is 3.91. The first-order chi connectivity index (χ1) is 10.2. The van der Waals surface area contributed by atoms with Gasteiger partial charge >= 0.3 is 5.97 Å². The number of methoxy groups -OCH3 is 1. The van der Waals surface area contributed by atoms with Crippen molar-refractivity contribution in [2.75, 3.05) is 25.1 Å². The predicted molar refractivity (Wildman–Crippen MR) is 75.7 cm³/mol. The number of nitrogens with zero attached hydrogens (tertiary/aromatic N) is 6. The number of aryl methyl sites for hydroxylation is 1. The van der Waals surface area contributed by atoms with E-state index in [-0.39, 0.29) is 11.9 Å². The fraction of sp³-hybridized carbons (Fsp3) is 0.615. The summed E-state index contributed by atoms with van der Waals surface area (Å²) in [6, 6.07) is 0.